The minimum Gasteiger partial charge on any atom is -0.398 e. The van der Waals surface area contributed by atoms with Crippen LogP contribution in [0.2, 0.25) is 0 Å². The van der Waals surface area contributed by atoms with Crippen LogP contribution in [0.5, 0.6) is 0 Å². The van der Waals surface area contributed by atoms with Gasteiger partial charge in [0.1, 0.15) is 0 Å². The number of anilines is 1. The van der Waals surface area contributed by atoms with Crippen LogP contribution in [0.1, 0.15) is 5.69 Å². The Balaban J connectivity index is 2.33. The summed E-state index contributed by atoms with van der Waals surface area (Å²) in [6.07, 6.45) is 3.24. The van der Waals surface area contributed by atoms with Crippen molar-refractivity contribution < 1.29 is 0 Å². The first-order valence-electron chi connectivity index (χ1n) is 3.98. The topological polar surface area (TPSA) is 73.8 Å². The highest BCUT2D eigenvalue weighted by atomic mass is 32.1. The van der Waals surface area contributed by atoms with E-state index in [0.717, 1.165) is 17.4 Å². The van der Waals surface area contributed by atoms with Crippen LogP contribution >= 0.6 is 11.7 Å². The van der Waals surface area contributed by atoms with Gasteiger partial charge in [-0.3, -0.25) is 4.79 Å². The first-order chi connectivity index (χ1) is 6.75. The lowest BCUT2D eigenvalue weighted by atomic mass is 10.4. The Morgan fingerprint density at radius 2 is 2.36 bits per heavy atom. The molecule has 0 atom stereocenters. The summed E-state index contributed by atoms with van der Waals surface area (Å²) in [5, 5.41) is 0. The van der Waals surface area contributed by atoms with Gasteiger partial charge in [0, 0.05) is 18.0 Å². The Kier molecular flexibility index (Phi) is 2.28. The second-order valence-corrected chi connectivity index (χ2v) is 3.38. The first kappa shape index (κ1) is 8.89. The number of rotatable bonds is 2. The third-order valence-electron chi connectivity index (χ3n) is 1.75. The Labute approximate surface area is 84.1 Å². The van der Waals surface area contributed by atoms with Crippen molar-refractivity contribution in [2.75, 3.05) is 5.73 Å². The number of pyridine rings is 1. The Morgan fingerprint density at radius 3 is 3.07 bits per heavy atom. The molecule has 6 heteroatoms. The SMILES string of the molecule is Nc1ccc(=O)n(Cc2cnsn2)c1. The van der Waals surface area contributed by atoms with Gasteiger partial charge in [-0.2, -0.15) is 8.75 Å². The van der Waals surface area contributed by atoms with E-state index in [-0.39, 0.29) is 5.56 Å². The average Bonchev–Trinajstić information content (AvgIpc) is 2.64. The lowest BCUT2D eigenvalue weighted by Gasteiger charge is -2.02. The Bertz CT molecular complexity index is 476. The van der Waals surface area contributed by atoms with Crippen LogP contribution in [0, 0.1) is 0 Å². The van der Waals surface area contributed by atoms with Gasteiger partial charge in [0.05, 0.1) is 30.2 Å². The summed E-state index contributed by atoms with van der Waals surface area (Å²) >= 11 is 1.12. The largest absolute Gasteiger partial charge is 0.398 e. The lowest BCUT2D eigenvalue weighted by molar-refractivity contribution is 0.748. The molecule has 0 amide bonds. The molecule has 2 rings (SSSR count). The highest BCUT2D eigenvalue weighted by molar-refractivity contribution is 6.99. The van der Waals surface area contributed by atoms with Crippen molar-refractivity contribution >= 4 is 17.4 Å². The van der Waals surface area contributed by atoms with Gasteiger partial charge < -0.3 is 10.3 Å². The van der Waals surface area contributed by atoms with Gasteiger partial charge in [-0.05, 0) is 6.07 Å². The highest BCUT2D eigenvalue weighted by Gasteiger charge is 2.00. The summed E-state index contributed by atoms with van der Waals surface area (Å²) in [6, 6.07) is 3.02. The molecule has 2 heterocycles. The van der Waals surface area contributed by atoms with E-state index in [2.05, 4.69) is 8.75 Å². The molecule has 0 fully saturated rings. The fourth-order valence-electron chi connectivity index (χ4n) is 1.10. The van der Waals surface area contributed by atoms with Crippen LogP contribution in [0.4, 0.5) is 5.69 Å². The molecule has 0 aliphatic carbocycles. The van der Waals surface area contributed by atoms with Crippen LogP contribution in [0.15, 0.2) is 29.3 Å². The number of hydrogen-bond acceptors (Lipinski definition) is 5. The molecule has 2 aromatic heterocycles. The third-order valence-corrected chi connectivity index (χ3v) is 2.26. The molecule has 0 radical (unpaired) electrons. The molecule has 0 aliphatic heterocycles. The van der Waals surface area contributed by atoms with Crippen LogP contribution < -0.4 is 11.3 Å². The van der Waals surface area contributed by atoms with Crippen molar-refractivity contribution in [1.29, 1.82) is 0 Å². The van der Waals surface area contributed by atoms with Crippen molar-refractivity contribution in [3.05, 3.63) is 40.6 Å². The van der Waals surface area contributed by atoms with Crippen molar-refractivity contribution in [2.45, 2.75) is 6.54 Å². The molecule has 14 heavy (non-hydrogen) atoms. The van der Waals surface area contributed by atoms with E-state index < -0.39 is 0 Å². The molecule has 0 unspecified atom stereocenters. The molecule has 0 saturated heterocycles. The van der Waals surface area contributed by atoms with Crippen molar-refractivity contribution in [3.8, 4) is 0 Å². The molecule has 72 valence electrons. The van der Waals surface area contributed by atoms with Crippen LogP contribution in [-0.2, 0) is 6.54 Å². The summed E-state index contributed by atoms with van der Waals surface area (Å²) in [7, 11) is 0. The van der Waals surface area contributed by atoms with Gasteiger partial charge >= 0.3 is 0 Å². The number of nitrogen functional groups attached to an aromatic ring is 1. The van der Waals surface area contributed by atoms with Crippen molar-refractivity contribution in [1.82, 2.24) is 13.3 Å². The summed E-state index contributed by atoms with van der Waals surface area (Å²) in [5.41, 5.74) is 6.80. The van der Waals surface area contributed by atoms with E-state index in [0.29, 0.717) is 12.2 Å². The van der Waals surface area contributed by atoms with E-state index in [1.807, 2.05) is 0 Å². The minimum absolute atomic E-state index is 0.0906. The Hall–Kier alpha value is -1.69. The monoisotopic (exact) mass is 208 g/mol. The second-order valence-electron chi connectivity index (χ2n) is 2.83. The maximum atomic E-state index is 11.4. The second kappa shape index (κ2) is 3.59. The molecule has 2 aromatic rings. The van der Waals surface area contributed by atoms with Gasteiger partial charge in [-0.15, -0.1) is 0 Å². The summed E-state index contributed by atoms with van der Waals surface area (Å²) in [6.45, 7) is 0.417. The van der Waals surface area contributed by atoms with E-state index in [9.17, 15) is 4.79 Å². The smallest absolute Gasteiger partial charge is 0.251 e. The fourth-order valence-corrected chi connectivity index (χ4v) is 1.53. The number of aromatic nitrogens is 3. The van der Waals surface area contributed by atoms with Gasteiger partial charge in [0.2, 0.25) is 0 Å². The summed E-state index contributed by atoms with van der Waals surface area (Å²) < 4.78 is 9.37. The van der Waals surface area contributed by atoms with Crippen molar-refractivity contribution in [3.63, 3.8) is 0 Å². The van der Waals surface area contributed by atoms with Crippen LogP contribution in [-0.4, -0.2) is 13.3 Å². The molecule has 0 bridgehead atoms. The maximum absolute atomic E-state index is 11.4. The number of nitrogens with zero attached hydrogens (tertiary/aromatic N) is 3. The quantitative estimate of drug-likeness (QED) is 0.771. The molecule has 5 nitrogen and oxygen atoms in total. The predicted molar refractivity (Wildman–Crippen MR) is 54.1 cm³/mol. The summed E-state index contributed by atoms with van der Waals surface area (Å²) in [4.78, 5) is 11.4. The van der Waals surface area contributed by atoms with Crippen LogP contribution in [0.3, 0.4) is 0 Å². The minimum atomic E-state index is -0.0906. The molecule has 0 saturated carbocycles. The van der Waals surface area contributed by atoms with E-state index in [1.165, 1.54) is 10.6 Å². The first-order valence-corrected chi connectivity index (χ1v) is 4.71. The lowest BCUT2D eigenvalue weighted by Crippen LogP contribution is -2.19. The average molecular weight is 208 g/mol. The van der Waals surface area contributed by atoms with Crippen molar-refractivity contribution in [2.24, 2.45) is 0 Å². The van der Waals surface area contributed by atoms with Gasteiger partial charge in [-0.25, -0.2) is 0 Å². The van der Waals surface area contributed by atoms with Gasteiger partial charge in [0.25, 0.3) is 5.56 Å². The number of nitrogens with two attached hydrogens (primary N) is 1. The molecular formula is C8H8N4OS. The molecule has 0 aromatic carbocycles. The van der Waals surface area contributed by atoms with Gasteiger partial charge in [0.15, 0.2) is 0 Å². The van der Waals surface area contributed by atoms with E-state index in [4.69, 9.17) is 5.73 Å². The zero-order valence-corrected chi connectivity index (χ0v) is 8.07. The fraction of sp³-hybridized carbons (Fsp3) is 0.125. The standard InChI is InChI=1S/C8H8N4OS/c9-6-1-2-8(13)12(4-6)5-7-3-10-14-11-7/h1-4H,5,9H2. The predicted octanol–water partition coefficient (Wildman–Crippen LogP) is 0.330. The zero-order chi connectivity index (χ0) is 9.97. The zero-order valence-electron chi connectivity index (χ0n) is 7.25. The van der Waals surface area contributed by atoms with E-state index in [1.54, 1.807) is 18.5 Å². The maximum Gasteiger partial charge on any atom is 0.251 e. The molecular weight excluding hydrogens is 200 g/mol. The van der Waals surface area contributed by atoms with Gasteiger partial charge in [-0.1, -0.05) is 0 Å². The highest BCUT2D eigenvalue weighted by Crippen LogP contribution is 2.00. The normalized spacial score (nSPS) is 10.3. The third kappa shape index (κ3) is 1.80. The van der Waals surface area contributed by atoms with E-state index >= 15 is 0 Å². The molecule has 0 spiro atoms. The van der Waals surface area contributed by atoms with Crippen LogP contribution in [0.25, 0.3) is 0 Å². The molecule has 0 aliphatic rings. The number of hydrogen-bond donors (Lipinski definition) is 1. The Morgan fingerprint density at radius 1 is 1.50 bits per heavy atom. The summed E-state index contributed by atoms with van der Waals surface area (Å²) in [5.74, 6) is 0. The molecule has 2 N–H and O–H groups in total.